The van der Waals surface area contributed by atoms with E-state index in [1.165, 1.54) is 48.8 Å². The van der Waals surface area contributed by atoms with Gasteiger partial charge < -0.3 is 0 Å². The van der Waals surface area contributed by atoms with Crippen molar-refractivity contribution in [3.05, 3.63) is 132 Å². The molecule has 4 rings (SSSR count). The lowest BCUT2D eigenvalue weighted by molar-refractivity contribution is 1.41. The summed E-state index contributed by atoms with van der Waals surface area (Å²) in [5.41, 5.74) is 10.1. The molecule has 1 aliphatic heterocycles. The van der Waals surface area contributed by atoms with E-state index in [9.17, 15) is 0 Å². The Morgan fingerprint density at radius 2 is 1.42 bits per heavy atom. The average molecular weight is 453 g/mol. The second kappa shape index (κ2) is 10.3. The maximum Gasteiger partial charge on any atom is 0.0102 e. The lowest BCUT2D eigenvalue weighted by Gasteiger charge is -2.38. The van der Waals surface area contributed by atoms with Gasteiger partial charge in [-0.1, -0.05) is 97.1 Å². The van der Waals surface area contributed by atoms with Crippen molar-refractivity contribution >= 4 is 26.1 Å². The van der Waals surface area contributed by atoms with E-state index in [0.29, 0.717) is 0 Å². The Morgan fingerprint density at radius 3 is 2.00 bits per heavy atom. The molecule has 1 atom stereocenters. The van der Waals surface area contributed by atoms with Gasteiger partial charge in [-0.15, -0.1) is 6.58 Å². The van der Waals surface area contributed by atoms with E-state index in [-0.39, 0.29) is 0 Å². The number of aryl methyl sites for hydroxylation is 2. The second-order valence-corrected chi connectivity index (χ2v) is 12.3. The van der Waals surface area contributed by atoms with Gasteiger partial charge >= 0.3 is 0 Å². The van der Waals surface area contributed by atoms with Crippen molar-refractivity contribution in [1.82, 2.24) is 0 Å². The number of fused-ring (bicyclic) bond motifs is 1. The lowest BCUT2D eigenvalue weighted by Crippen LogP contribution is -2.06. The van der Waals surface area contributed by atoms with Gasteiger partial charge in [-0.05, 0) is 73.4 Å². The van der Waals surface area contributed by atoms with Crippen molar-refractivity contribution in [2.24, 2.45) is 0 Å². The van der Waals surface area contributed by atoms with Crippen LogP contribution >= 0.6 is 10.0 Å². The summed E-state index contributed by atoms with van der Waals surface area (Å²) in [5, 5.41) is 0. The van der Waals surface area contributed by atoms with Crippen LogP contribution in [-0.2, 0) is 0 Å². The molecule has 0 amide bonds. The van der Waals surface area contributed by atoms with E-state index in [4.69, 9.17) is 0 Å². The van der Waals surface area contributed by atoms with E-state index >= 15 is 0 Å². The number of benzene rings is 3. The molecule has 0 radical (unpaired) electrons. The van der Waals surface area contributed by atoms with Gasteiger partial charge in [-0.2, -0.15) is 10.0 Å². The van der Waals surface area contributed by atoms with Gasteiger partial charge in [0.25, 0.3) is 0 Å². The molecule has 1 heterocycles. The van der Waals surface area contributed by atoms with Crippen molar-refractivity contribution in [1.29, 1.82) is 0 Å². The Balaban J connectivity index is 0.000000968. The Bertz CT molecular complexity index is 1240. The smallest absolute Gasteiger partial charge is 0.0102 e. The van der Waals surface area contributed by atoms with Gasteiger partial charge in [0.15, 0.2) is 0 Å². The molecule has 0 saturated heterocycles. The summed E-state index contributed by atoms with van der Waals surface area (Å²) in [5.74, 6) is 0.998. The van der Waals surface area contributed by atoms with Crippen molar-refractivity contribution in [3.8, 4) is 0 Å². The summed E-state index contributed by atoms with van der Waals surface area (Å²) in [6, 6.07) is 26.6. The Kier molecular flexibility index (Phi) is 7.66. The van der Waals surface area contributed by atoms with E-state index in [2.05, 4.69) is 120 Å². The van der Waals surface area contributed by atoms with Gasteiger partial charge in [-0.25, -0.2) is 0 Å². The first-order chi connectivity index (χ1) is 15.7. The summed E-state index contributed by atoms with van der Waals surface area (Å²) >= 11 is 0. The molecule has 0 fully saturated rings. The molecule has 3 aromatic carbocycles. The monoisotopic (exact) mass is 452 g/mol. The van der Waals surface area contributed by atoms with E-state index < -0.39 is 10.0 Å². The number of rotatable bonds is 4. The molecule has 1 heteroatoms. The van der Waals surface area contributed by atoms with E-state index in [0.717, 1.165) is 11.3 Å². The first-order valence-corrected chi connectivity index (χ1v) is 13.6. The normalized spacial score (nSPS) is 19.4. The number of hydrogen-bond acceptors (Lipinski definition) is 0. The van der Waals surface area contributed by atoms with Crippen LogP contribution in [0.5, 0.6) is 0 Å². The predicted octanol–water partition coefficient (Wildman–Crippen LogP) is 9.46. The molecule has 0 N–H and O–H groups in total. The van der Waals surface area contributed by atoms with Gasteiger partial charge in [-0.3, -0.25) is 0 Å². The molecule has 1 aliphatic rings. The molecule has 1 unspecified atom stereocenters. The third kappa shape index (κ3) is 4.99. The minimum Gasteiger partial charge on any atom is -0.185 e. The van der Waals surface area contributed by atoms with Crippen LogP contribution in [0, 0.1) is 13.8 Å². The predicted molar refractivity (Wildman–Crippen MR) is 152 cm³/mol. The maximum atomic E-state index is 4.45. The summed E-state index contributed by atoms with van der Waals surface area (Å²) in [6.45, 7) is 20.6. The zero-order valence-electron chi connectivity index (χ0n) is 20.7. The van der Waals surface area contributed by atoms with Crippen LogP contribution in [0.3, 0.4) is 0 Å². The summed E-state index contributed by atoms with van der Waals surface area (Å²) in [6.07, 6.45) is 4.21. The Hall–Kier alpha value is -3.03. The van der Waals surface area contributed by atoms with Crippen molar-refractivity contribution in [3.63, 3.8) is 0 Å². The van der Waals surface area contributed by atoms with Gasteiger partial charge in [0.05, 0.1) is 0 Å². The van der Waals surface area contributed by atoms with Crippen LogP contribution in [0.4, 0.5) is 0 Å². The SMILES string of the molecule is C=C(C)/C(=C(/c1cccc(C)c1)S1(C)CC(=C)c2ccccc21)c1cccc(C)c1.C=CC. The Morgan fingerprint density at radius 1 is 0.879 bits per heavy atom. The van der Waals surface area contributed by atoms with Crippen LogP contribution in [-0.4, -0.2) is 12.0 Å². The zero-order valence-corrected chi connectivity index (χ0v) is 21.6. The van der Waals surface area contributed by atoms with E-state index in [1.807, 2.05) is 6.92 Å². The van der Waals surface area contributed by atoms with E-state index in [1.54, 1.807) is 6.08 Å². The molecular formula is C32H36S. The van der Waals surface area contributed by atoms with Gasteiger partial charge in [0.2, 0.25) is 0 Å². The summed E-state index contributed by atoms with van der Waals surface area (Å²) in [7, 11) is -1.31. The van der Waals surface area contributed by atoms with Crippen molar-refractivity contribution in [2.75, 3.05) is 12.0 Å². The summed E-state index contributed by atoms with van der Waals surface area (Å²) in [4.78, 5) is 2.87. The zero-order chi connectivity index (χ0) is 24.2. The van der Waals surface area contributed by atoms with Crippen LogP contribution in [0.2, 0.25) is 0 Å². The third-order valence-corrected chi connectivity index (χ3v) is 9.50. The minimum absolute atomic E-state index is 0.998. The largest absolute Gasteiger partial charge is 0.185 e. The standard InChI is InChI=1S/C29H30S.C3H6/c1-20(2)28(24-13-9-11-21(3)17-24)29(25-14-10-12-22(4)18-25)30(6)19-23(5)26-15-7-8-16-27(26)30;1-3-2/h7-18H,1,5,19H2,2-4,6H3;3H,1H2,2H3/b29-28+;. The molecule has 0 bridgehead atoms. The van der Waals surface area contributed by atoms with Crippen molar-refractivity contribution in [2.45, 2.75) is 32.6 Å². The minimum atomic E-state index is -1.31. The topological polar surface area (TPSA) is 0 Å². The highest BCUT2D eigenvalue weighted by Crippen LogP contribution is 2.71. The molecule has 0 aliphatic carbocycles. The van der Waals surface area contributed by atoms with Crippen LogP contribution in [0.15, 0.2) is 109 Å². The molecular weight excluding hydrogens is 416 g/mol. The molecule has 0 spiro atoms. The quantitative estimate of drug-likeness (QED) is 0.210. The lowest BCUT2D eigenvalue weighted by atomic mass is 9.95. The van der Waals surface area contributed by atoms with Crippen LogP contribution < -0.4 is 0 Å². The fourth-order valence-electron chi connectivity index (χ4n) is 4.63. The molecule has 0 saturated carbocycles. The average Bonchev–Trinajstić information content (AvgIpc) is 3.03. The molecule has 0 aromatic heterocycles. The fourth-order valence-corrected chi connectivity index (χ4v) is 8.46. The first-order valence-electron chi connectivity index (χ1n) is 11.4. The third-order valence-electron chi connectivity index (χ3n) is 5.91. The van der Waals surface area contributed by atoms with Crippen molar-refractivity contribution < 1.29 is 0 Å². The molecule has 3 aromatic rings. The van der Waals surface area contributed by atoms with Crippen LogP contribution in [0.1, 0.15) is 41.7 Å². The molecule has 170 valence electrons. The highest BCUT2D eigenvalue weighted by atomic mass is 32.3. The van der Waals surface area contributed by atoms with Gasteiger partial charge in [0.1, 0.15) is 0 Å². The number of hydrogen-bond donors (Lipinski definition) is 0. The molecule has 33 heavy (non-hydrogen) atoms. The summed E-state index contributed by atoms with van der Waals surface area (Å²) < 4.78 is 0. The molecule has 0 nitrogen and oxygen atoms in total. The second-order valence-electron chi connectivity index (χ2n) is 8.96. The van der Waals surface area contributed by atoms with Gasteiger partial charge in [0, 0.05) is 15.6 Å². The fraction of sp³-hybridized carbons (Fsp3) is 0.188. The maximum absolute atomic E-state index is 4.45. The first kappa shape index (κ1) is 24.6. The highest BCUT2D eigenvalue weighted by Gasteiger charge is 2.37. The highest BCUT2D eigenvalue weighted by molar-refractivity contribution is 8.41. The Labute approximate surface area is 202 Å². The van der Waals surface area contributed by atoms with Crippen LogP contribution in [0.25, 0.3) is 16.1 Å². The number of allylic oxidation sites excluding steroid dienone is 3.